The first-order valence-electron chi connectivity index (χ1n) is 11.9. The van der Waals surface area contributed by atoms with Crippen LogP contribution in [0.3, 0.4) is 0 Å². The lowest BCUT2D eigenvalue weighted by atomic mass is 10.5. The molecule has 0 rings (SSSR count). The zero-order chi connectivity index (χ0) is 22.0. The Labute approximate surface area is 185 Å². The van der Waals surface area contributed by atoms with Crippen molar-refractivity contribution < 1.29 is 9.13 Å². The Bertz CT molecular complexity index is 410. The Hall–Kier alpha value is 1.19. The molecule has 0 amide bonds. The molecule has 0 N–H and O–H groups in total. The molecular weight excluding hydrogens is 444 g/mol. The van der Waals surface area contributed by atoms with Gasteiger partial charge in [-0.15, -0.1) is 0 Å². The fraction of sp³-hybridized carbons (Fsp3) is 1.00. The van der Waals surface area contributed by atoms with Gasteiger partial charge >= 0.3 is 0 Å². The molecule has 0 heterocycles. The van der Waals surface area contributed by atoms with Gasteiger partial charge in [-0.25, -0.2) is 4.39 Å². The minimum Gasteiger partial charge on any atom is -0.351 e. The highest BCUT2D eigenvalue weighted by Gasteiger charge is 2.38. The third kappa shape index (κ3) is 14.2. The highest BCUT2D eigenvalue weighted by molar-refractivity contribution is 7.01. The molecule has 0 aliphatic carbocycles. The first-order valence-corrected chi connectivity index (χ1v) is 30.9. The summed E-state index contributed by atoms with van der Waals surface area (Å²) in [6.45, 7) is 26.3. The summed E-state index contributed by atoms with van der Waals surface area (Å²) in [5.41, 5.74) is 6.61. The molecule has 1 unspecified atom stereocenters. The number of hydrogen-bond acceptors (Lipinski definition) is 1. The lowest BCUT2D eigenvalue weighted by Gasteiger charge is -2.40. The highest BCUT2D eigenvalue weighted by atomic mass is 28.4. The van der Waals surface area contributed by atoms with Crippen molar-refractivity contribution in [3.8, 4) is 0 Å². The maximum Gasteiger partial charge on any atom is 0.188 e. The minimum atomic E-state index is -1.20. The predicted octanol–water partition coefficient (Wildman–Crippen LogP) is 6.80. The van der Waals surface area contributed by atoms with Crippen molar-refractivity contribution in [1.29, 1.82) is 0 Å². The molecule has 0 aliphatic rings. The van der Waals surface area contributed by atoms with Crippen molar-refractivity contribution in [3.63, 3.8) is 0 Å². The van der Waals surface area contributed by atoms with Gasteiger partial charge in [0.05, 0.1) is 0 Å². The van der Waals surface area contributed by atoms with Crippen LogP contribution < -0.4 is 0 Å². The van der Waals surface area contributed by atoms with E-state index in [0.717, 1.165) is 6.42 Å². The van der Waals surface area contributed by atoms with E-state index in [1.807, 2.05) is 0 Å². The molecule has 8 heteroatoms. The summed E-state index contributed by atoms with van der Waals surface area (Å²) in [5.74, 6) is 0. The van der Waals surface area contributed by atoms with Crippen molar-refractivity contribution in [3.05, 3.63) is 0 Å². The second-order valence-electron chi connectivity index (χ2n) is 12.4. The molecule has 1 atom stereocenters. The van der Waals surface area contributed by atoms with Gasteiger partial charge in [0.2, 0.25) is 0 Å². The maximum atomic E-state index is 12.2. The van der Waals surface area contributed by atoms with Crippen LogP contribution in [0.15, 0.2) is 0 Å². The highest BCUT2D eigenvalue weighted by Crippen LogP contribution is 2.36. The van der Waals surface area contributed by atoms with Gasteiger partial charge < -0.3 is 4.74 Å². The summed E-state index contributed by atoms with van der Waals surface area (Å²) >= 11 is 0. The van der Waals surface area contributed by atoms with E-state index in [4.69, 9.17) is 4.74 Å². The van der Waals surface area contributed by atoms with Gasteiger partial charge in [0.15, 0.2) is 6.86 Å². The first kappa shape index (κ1) is 29.2. The van der Waals surface area contributed by atoms with Crippen LogP contribution in [-0.4, -0.2) is 64.1 Å². The lowest BCUT2D eigenvalue weighted by Crippen LogP contribution is -2.46. The Morgan fingerprint density at radius 3 is 1.54 bits per heavy atom. The van der Waals surface area contributed by atoms with E-state index in [-0.39, 0.29) is 0 Å². The standard InChI is InChI=1S/C20H53FOSi6/c1-23(2)17-27(9,18-24(3)4)14-15-28(10,19-25(5)6)20-26(7,8)13-11-12-22-16-21/h23-25H,11-20H2,1-10H3. The Balaban J connectivity index is 5.14. The molecule has 0 aromatic carbocycles. The third-order valence-corrected chi connectivity index (χ3v) is 40.1. The van der Waals surface area contributed by atoms with E-state index < -0.39 is 57.5 Å². The molecule has 0 radical (unpaired) electrons. The number of rotatable bonds is 16. The van der Waals surface area contributed by atoms with E-state index in [1.165, 1.54) is 6.04 Å². The molecule has 0 bridgehead atoms. The van der Waals surface area contributed by atoms with Crippen LogP contribution in [0, 0.1) is 0 Å². The molecule has 0 aromatic rings. The Morgan fingerprint density at radius 2 is 1.11 bits per heavy atom. The van der Waals surface area contributed by atoms with Crippen molar-refractivity contribution in [2.75, 3.05) is 13.5 Å². The normalized spacial score (nSPS) is 15.6. The van der Waals surface area contributed by atoms with Gasteiger partial charge in [-0.2, -0.15) is 0 Å². The molecule has 0 saturated carbocycles. The molecule has 28 heavy (non-hydrogen) atoms. The molecule has 0 aliphatic heterocycles. The summed E-state index contributed by atoms with van der Waals surface area (Å²) < 4.78 is 17.2. The summed E-state index contributed by atoms with van der Waals surface area (Å²) in [6, 6.07) is 4.59. The summed E-state index contributed by atoms with van der Waals surface area (Å²) in [7, 11) is -4.82. The smallest absolute Gasteiger partial charge is 0.188 e. The zero-order valence-electron chi connectivity index (χ0n) is 21.1. The number of hydrogen-bond donors (Lipinski definition) is 0. The Kier molecular flexibility index (Phi) is 14.1. The van der Waals surface area contributed by atoms with Gasteiger partial charge in [-0.3, -0.25) is 0 Å². The van der Waals surface area contributed by atoms with E-state index in [2.05, 4.69) is 65.5 Å². The zero-order valence-corrected chi connectivity index (χ0v) is 27.6. The molecule has 0 saturated heterocycles. The van der Waals surface area contributed by atoms with E-state index in [1.54, 1.807) is 34.8 Å². The van der Waals surface area contributed by atoms with Crippen molar-refractivity contribution in [2.24, 2.45) is 0 Å². The third-order valence-electron chi connectivity index (χ3n) is 6.16. The van der Waals surface area contributed by atoms with Crippen molar-refractivity contribution in [1.82, 2.24) is 0 Å². The fourth-order valence-corrected chi connectivity index (χ4v) is 52.8. The number of halogens is 1. The molecule has 1 nitrogen and oxygen atoms in total. The predicted molar refractivity (Wildman–Crippen MR) is 148 cm³/mol. The molecule has 0 fully saturated rings. The van der Waals surface area contributed by atoms with Crippen LogP contribution in [0.25, 0.3) is 0 Å². The van der Waals surface area contributed by atoms with Gasteiger partial charge in [-0.1, -0.05) is 106 Å². The van der Waals surface area contributed by atoms with Crippen LogP contribution in [0.4, 0.5) is 4.39 Å². The summed E-state index contributed by atoms with van der Waals surface area (Å²) in [4.78, 5) is 0. The monoisotopic (exact) mass is 496 g/mol. The Morgan fingerprint density at radius 1 is 0.679 bits per heavy atom. The molecular formula is C20H53FOSi6. The average molecular weight is 497 g/mol. The molecule has 0 spiro atoms. The van der Waals surface area contributed by atoms with Crippen LogP contribution >= 0.6 is 0 Å². The fourth-order valence-electron chi connectivity index (χ4n) is 6.06. The summed E-state index contributed by atoms with van der Waals surface area (Å²) in [6.07, 6.45) is 1.07. The van der Waals surface area contributed by atoms with Gasteiger partial charge in [0.25, 0.3) is 0 Å². The second kappa shape index (κ2) is 13.6. The SMILES string of the molecule is C[SiH](C)C[Si](C)(CC[Si](C)(C[SiH](C)C)C[Si](C)(C)CCCOCF)C[SiH](C)C. The largest absolute Gasteiger partial charge is 0.351 e. The van der Waals surface area contributed by atoms with Crippen molar-refractivity contribution >= 4 is 50.6 Å². The van der Waals surface area contributed by atoms with Gasteiger partial charge in [0.1, 0.15) is 0 Å². The maximum absolute atomic E-state index is 12.2. The van der Waals surface area contributed by atoms with E-state index >= 15 is 0 Å². The van der Waals surface area contributed by atoms with Crippen LogP contribution in [0.1, 0.15) is 6.42 Å². The summed E-state index contributed by atoms with van der Waals surface area (Å²) in [5, 5.41) is 0. The van der Waals surface area contributed by atoms with Crippen LogP contribution in [0.5, 0.6) is 0 Å². The number of alkyl halides is 1. The minimum absolute atomic E-state index is 0.461. The lowest BCUT2D eigenvalue weighted by molar-refractivity contribution is 0.0583. The molecule has 0 aromatic heterocycles. The average Bonchev–Trinajstić information content (AvgIpc) is 2.47. The van der Waals surface area contributed by atoms with Gasteiger partial charge in [-0.05, 0) is 6.42 Å². The number of ether oxygens (including phenoxy) is 1. The van der Waals surface area contributed by atoms with E-state index in [0.29, 0.717) is 6.61 Å². The molecule has 170 valence electrons. The first-order chi connectivity index (χ1) is 12.7. The van der Waals surface area contributed by atoms with E-state index in [9.17, 15) is 4.39 Å². The van der Waals surface area contributed by atoms with Crippen LogP contribution in [-0.2, 0) is 4.74 Å². The van der Waals surface area contributed by atoms with Gasteiger partial charge in [0, 0.05) is 57.2 Å². The quantitative estimate of drug-likeness (QED) is 0.168. The van der Waals surface area contributed by atoms with Crippen molar-refractivity contribution in [2.45, 2.75) is 113 Å². The van der Waals surface area contributed by atoms with Crippen LogP contribution in [0.2, 0.25) is 106 Å². The topological polar surface area (TPSA) is 9.23 Å². The second-order valence-corrected chi connectivity index (χ2v) is 40.1.